The molecule has 1 aromatic carbocycles. The fraction of sp³-hybridized carbons (Fsp3) is 0.417. The minimum Gasteiger partial charge on any atom is -0.490 e. The number of alkyl halides is 2. The van der Waals surface area contributed by atoms with Crippen LogP contribution in [0.1, 0.15) is 18.5 Å². The van der Waals surface area contributed by atoms with Gasteiger partial charge in [0.1, 0.15) is 6.04 Å². The van der Waals surface area contributed by atoms with Crippen LogP contribution in [0.15, 0.2) is 18.2 Å². The van der Waals surface area contributed by atoms with E-state index >= 15 is 0 Å². The van der Waals surface area contributed by atoms with Crippen LogP contribution >= 0.6 is 0 Å². The first-order valence-electron chi connectivity index (χ1n) is 5.40. The van der Waals surface area contributed by atoms with Gasteiger partial charge >= 0.3 is 6.61 Å². The van der Waals surface area contributed by atoms with Crippen LogP contribution in [0, 0.1) is 11.3 Å². The first-order chi connectivity index (χ1) is 8.62. The Morgan fingerprint density at radius 3 is 2.61 bits per heavy atom. The average Bonchev–Trinajstić information content (AvgIpc) is 2.33. The summed E-state index contributed by atoms with van der Waals surface area (Å²) in [6, 6.07) is 5.95. The number of ether oxygens (including phenoxy) is 2. The highest BCUT2D eigenvalue weighted by Gasteiger charge is 2.15. The van der Waals surface area contributed by atoms with Crippen molar-refractivity contribution < 1.29 is 18.3 Å². The van der Waals surface area contributed by atoms with E-state index in [0.717, 1.165) is 0 Å². The van der Waals surface area contributed by atoms with Crippen LogP contribution in [0.2, 0.25) is 0 Å². The molecule has 98 valence electrons. The molecule has 0 aliphatic heterocycles. The minimum atomic E-state index is -2.91. The number of rotatable bonds is 6. The first-order valence-corrected chi connectivity index (χ1v) is 5.40. The minimum absolute atomic E-state index is 0.0385. The molecule has 0 saturated carbocycles. The van der Waals surface area contributed by atoms with Crippen molar-refractivity contribution in [1.82, 2.24) is 5.32 Å². The second-order valence-electron chi connectivity index (χ2n) is 3.37. The van der Waals surface area contributed by atoms with Crippen LogP contribution in [-0.4, -0.2) is 20.3 Å². The summed E-state index contributed by atoms with van der Waals surface area (Å²) in [7, 11) is 1.64. The summed E-state index contributed by atoms with van der Waals surface area (Å²) < 4.78 is 33.9. The van der Waals surface area contributed by atoms with Crippen molar-refractivity contribution in [3.8, 4) is 17.6 Å². The number of nitriles is 1. The predicted octanol–water partition coefficient (Wildman–Crippen LogP) is 2.47. The van der Waals surface area contributed by atoms with Crippen molar-refractivity contribution in [1.29, 1.82) is 5.26 Å². The lowest BCUT2D eigenvalue weighted by atomic mass is 10.1. The molecule has 0 heterocycles. The largest absolute Gasteiger partial charge is 0.490 e. The molecule has 0 saturated heterocycles. The van der Waals surface area contributed by atoms with Crippen molar-refractivity contribution in [2.75, 3.05) is 13.7 Å². The van der Waals surface area contributed by atoms with Gasteiger partial charge in [-0.05, 0) is 31.7 Å². The van der Waals surface area contributed by atoms with Gasteiger partial charge in [0.05, 0.1) is 12.7 Å². The lowest BCUT2D eigenvalue weighted by molar-refractivity contribution is -0.0514. The van der Waals surface area contributed by atoms with Gasteiger partial charge in [-0.1, -0.05) is 6.07 Å². The number of hydrogen-bond donors (Lipinski definition) is 1. The molecule has 0 aromatic heterocycles. The SMILES string of the molecule is CCOc1cc(C(C#N)NC)ccc1OC(F)F. The van der Waals surface area contributed by atoms with Crippen LogP contribution in [-0.2, 0) is 0 Å². The van der Waals surface area contributed by atoms with E-state index in [-0.39, 0.29) is 11.5 Å². The first kappa shape index (κ1) is 14.2. The number of halogens is 2. The van der Waals surface area contributed by atoms with Gasteiger partial charge in [-0.15, -0.1) is 0 Å². The zero-order chi connectivity index (χ0) is 13.5. The highest BCUT2D eigenvalue weighted by atomic mass is 19.3. The molecule has 1 unspecified atom stereocenters. The molecule has 1 aromatic rings. The van der Waals surface area contributed by atoms with Crippen molar-refractivity contribution in [3.05, 3.63) is 23.8 Å². The highest BCUT2D eigenvalue weighted by molar-refractivity contribution is 5.44. The molecule has 1 N–H and O–H groups in total. The van der Waals surface area contributed by atoms with E-state index in [1.165, 1.54) is 12.1 Å². The molecule has 6 heteroatoms. The van der Waals surface area contributed by atoms with Crippen LogP contribution in [0.5, 0.6) is 11.5 Å². The molecule has 0 spiro atoms. The van der Waals surface area contributed by atoms with Crippen LogP contribution in [0.4, 0.5) is 8.78 Å². The second-order valence-corrected chi connectivity index (χ2v) is 3.37. The maximum absolute atomic E-state index is 12.2. The summed E-state index contributed by atoms with van der Waals surface area (Å²) in [5.74, 6) is 0.161. The Kier molecular flexibility index (Phi) is 5.33. The lowest BCUT2D eigenvalue weighted by Gasteiger charge is -2.14. The Hall–Kier alpha value is -1.87. The lowest BCUT2D eigenvalue weighted by Crippen LogP contribution is -2.14. The van der Waals surface area contributed by atoms with Crippen molar-refractivity contribution in [2.24, 2.45) is 0 Å². The van der Waals surface area contributed by atoms with Crippen molar-refractivity contribution in [2.45, 2.75) is 19.6 Å². The normalized spacial score (nSPS) is 12.0. The smallest absolute Gasteiger partial charge is 0.387 e. The Morgan fingerprint density at radius 2 is 2.11 bits per heavy atom. The summed E-state index contributed by atoms with van der Waals surface area (Å²) in [4.78, 5) is 0. The summed E-state index contributed by atoms with van der Waals surface area (Å²) in [6.45, 7) is -0.857. The van der Waals surface area contributed by atoms with Crippen LogP contribution < -0.4 is 14.8 Å². The summed E-state index contributed by atoms with van der Waals surface area (Å²) >= 11 is 0. The van der Waals surface area contributed by atoms with Gasteiger partial charge in [-0.25, -0.2) is 0 Å². The Morgan fingerprint density at radius 1 is 1.39 bits per heavy atom. The van der Waals surface area contributed by atoms with E-state index in [9.17, 15) is 8.78 Å². The van der Waals surface area contributed by atoms with Crippen molar-refractivity contribution >= 4 is 0 Å². The molecule has 0 radical (unpaired) electrons. The van der Waals surface area contributed by atoms with E-state index in [1.807, 2.05) is 6.07 Å². The molecule has 18 heavy (non-hydrogen) atoms. The predicted molar refractivity (Wildman–Crippen MR) is 61.7 cm³/mol. The molecular formula is C12H14F2N2O2. The molecular weight excluding hydrogens is 242 g/mol. The number of nitrogens with one attached hydrogen (secondary N) is 1. The van der Waals surface area contributed by atoms with Crippen LogP contribution in [0.3, 0.4) is 0 Å². The number of benzene rings is 1. The molecule has 0 amide bonds. The van der Waals surface area contributed by atoms with Gasteiger partial charge < -0.3 is 14.8 Å². The molecule has 1 rings (SSSR count). The Bertz CT molecular complexity index is 433. The third-order valence-corrected chi connectivity index (χ3v) is 2.23. The third kappa shape index (κ3) is 3.57. The zero-order valence-corrected chi connectivity index (χ0v) is 10.1. The monoisotopic (exact) mass is 256 g/mol. The zero-order valence-electron chi connectivity index (χ0n) is 10.1. The van der Waals surface area contributed by atoms with Crippen LogP contribution in [0.25, 0.3) is 0 Å². The summed E-state index contributed by atoms with van der Waals surface area (Å²) in [6.07, 6.45) is 0. The number of nitrogens with zero attached hydrogens (tertiary/aromatic N) is 1. The van der Waals surface area contributed by atoms with Gasteiger partial charge in [-0.2, -0.15) is 14.0 Å². The van der Waals surface area contributed by atoms with E-state index in [1.54, 1.807) is 20.0 Å². The maximum atomic E-state index is 12.2. The third-order valence-electron chi connectivity index (χ3n) is 2.23. The van der Waals surface area contributed by atoms with E-state index in [2.05, 4.69) is 10.1 Å². The highest BCUT2D eigenvalue weighted by Crippen LogP contribution is 2.31. The molecule has 0 aliphatic carbocycles. The van der Waals surface area contributed by atoms with E-state index in [4.69, 9.17) is 10.00 Å². The quantitative estimate of drug-likeness (QED) is 0.849. The van der Waals surface area contributed by atoms with Gasteiger partial charge in [0.25, 0.3) is 0 Å². The molecule has 0 bridgehead atoms. The number of hydrogen-bond acceptors (Lipinski definition) is 4. The van der Waals surface area contributed by atoms with Gasteiger partial charge in [0, 0.05) is 0 Å². The maximum Gasteiger partial charge on any atom is 0.387 e. The van der Waals surface area contributed by atoms with E-state index in [0.29, 0.717) is 12.2 Å². The van der Waals surface area contributed by atoms with E-state index < -0.39 is 12.7 Å². The fourth-order valence-corrected chi connectivity index (χ4v) is 1.47. The summed E-state index contributed by atoms with van der Waals surface area (Å²) in [5.41, 5.74) is 0.630. The van der Waals surface area contributed by atoms with Crippen molar-refractivity contribution in [3.63, 3.8) is 0 Å². The molecule has 4 nitrogen and oxygen atoms in total. The second kappa shape index (κ2) is 6.77. The molecule has 1 atom stereocenters. The molecule has 0 aliphatic rings. The molecule has 0 fully saturated rings. The van der Waals surface area contributed by atoms with Gasteiger partial charge in [-0.3, -0.25) is 0 Å². The van der Waals surface area contributed by atoms with Gasteiger partial charge in [0.2, 0.25) is 0 Å². The standard InChI is InChI=1S/C12H14F2N2O2/c1-3-17-11-6-8(9(7-15)16-2)4-5-10(11)18-12(13)14/h4-6,9,12,16H,3H2,1-2H3. The van der Waals surface area contributed by atoms with Gasteiger partial charge in [0.15, 0.2) is 11.5 Å². The summed E-state index contributed by atoms with van der Waals surface area (Å²) in [5, 5.41) is 11.7. The topological polar surface area (TPSA) is 54.3 Å². The fourth-order valence-electron chi connectivity index (χ4n) is 1.47. The Balaban J connectivity index is 3.06. The average molecular weight is 256 g/mol. The Labute approximate surface area is 104 Å².